The Balaban J connectivity index is 1.17. The maximum absolute atomic E-state index is 14.6. The molecule has 294 valence electrons. The second-order valence-corrected chi connectivity index (χ2v) is 20.0. The molecular weight excluding hydrogens is 733 g/mol. The molecule has 54 heavy (non-hydrogen) atoms. The van der Waals surface area contributed by atoms with Crippen LogP contribution in [0.25, 0.3) is 0 Å². The van der Waals surface area contributed by atoms with Gasteiger partial charge in [-0.25, -0.2) is 0 Å². The van der Waals surface area contributed by atoms with E-state index >= 15 is 0 Å². The van der Waals surface area contributed by atoms with E-state index in [9.17, 15) is 27.1 Å². The van der Waals surface area contributed by atoms with Crippen LogP contribution in [-0.2, 0) is 27.5 Å². The van der Waals surface area contributed by atoms with Crippen LogP contribution < -0.4 is 18.9 Å². The van der Waals surface area contributed by atoms with Crippen molar-refractivity contribution < 1.29 is 46.1 Å². The van der Waals surface area contributed by atoms with Gasteiger partial charge in [-0.05, 0) is 87.5 Å². The number of rotatable bonds is 15. The summed E-state index contributed by atoms with van der Waals surface area (Å²) in [6.07, 6.45) is 4.27. The number of carbonyl (C=O) groups excluding carboxylic acids is 2. The highest BCUT2D eigenvalue weighted by atomic mass is 32.2. The van der Waals surface area contributed by atoms with Gasteiger partial charge in [0.2, 0.25) is 0 Å². The molecule has 0 saturated carbocycles. The van der Waals surface area contributed by atoms with Crippen LogP contribution in [-0.4, -0.2) is 130 Å². The zero-order chi connectivity index (χ0) is 38.9. The van der Waals surface area contributed by atoms with Crippen LogP contribution in [0.2, 0.25) is 0 Å². The van der Waals surface area contributed by atoms with E-state index in [2.05, 4.69) is 20.1 Å². The average molecular weight is 786 g/mol. The molecule has 4 heterocycles. The van der Waals surface area contributed by atoms with Gasteiger partial charge in [0.1, 0.15) is 12.4 Å². The Morgan fingerprint density at radius 2 is 1.41 bits per heavy atom. The first-order valence-electron chi connectivity index (χ1n) is 18.5. The summed E-state index contributed by atoms with van der Waals surface area (Å²) < 4.78 is 73.6. The number of ether oxygens (including phenoxy) is 4. The number of carbonyl (C=O) groups is 2. The van der Waals surface area contributed by atoms with Crippen LogP contribution in [0.5, 0.6) is 23.0 Å². The molecule has 4 aliphatic heterocycles. The Morgan fingerprint density at radius 3 is 2.00 bits per heavy atom. The summed E-state index contributed by atoms with van der Waals surface area (Å²) in [7, 11) is -2.52. The van der Waals surface area contributed by atoms with Crippen LogP contribution in [0.1, 0.15) is 64.4 Å². The number of aryl methyl sites for hydroxylation is 1. The molecule has 15 heteroatoms. The molecule has 2 aromatic carbocycles. The second kappa shape index (κ2) is 16.1. The Hall–Kier alpha value is -3.84. The number of methoxy groups -OCH3 is 2. The lowest BCUT2D eigenvalue weighted by Gasteiger charge is -2.26. The van der Waals surface area contributed by atoms with Crippen molar-refractivity contribution in [3.05, 3.63) is 70.8 Å². The molecule has 2 aromatic rings. The smallest absolute Gasteiger partial charge is 0.270 e. The van der Waals surface area contributed by atoms with Gasteiger partial charge in [0.25, 0.3) is 21.9 Å². The molecule has 6 rings (SSSR count). The third-order valence-electron chi connectivity index (χ3n) is 11.0. The standard InChI is InChI=1S/C39H52N3O10PS/c1-7-10-40(4)24-53(45,13-11-51-35-17-27-8-9-29-15-25(2)22-41(29)38(43)30(27)20-33(35)49-5)14-12-52-36-18-28-19-37(54(46,47)48)32-16-26(3)23-42(32)39(44)31(28)21-34(36)50-6/h17-18,20-21,29,32,37H,2-3,7-16,19,22-24H2,1,4-6H3,(H,46,47,48)/t29-,32+,37?,53?/m1/s1. The molecule has 0 bridgehead atoms. The van der Waals surface area contributed by atoms with Gasteiger partial charge in [0.05, 0.1) is 39.8 Å². The molecule has 2 saturated heterocycles. The van der Waals surface area contributed by atoms with Crippen molar-refractivity contribution >= 4 is 29.1 Å². The van der Waals surface area contributed by atoms with Gasteiger partial charge in [-0.3, -0.25) is 19.0 Å². The van der Waals surface area contributed by atoms with Gasteiger partial charge in [0.15, 0.2) is 23.0 Å². The van der Waals surface area contributed by atoms with Gasteiger partial charge in [-0.2, -0.15) is 8.42 Å². The summed E-state index contributed by atoms with van der Waals surface area (Å²) in [5.74, 6) is 1.11. The fourth-order valence-corrected chi connectivity index (χ4v) is 11.8. The van der Waals surface area contributed by atoms with Crippen molar-refractivity contribution in [1.29, 1.82) is 0 Å². The number of fused-ring (bicyclic) bond motifs is 4. The SMILES string of the molecule is C=C1C[C@H]2CCc3cc(OCCP(=O)(CCOc4cc5c(cc4OC)C(=O)N4CC(=C)C[C@H]4C(S(=O)(=O)O)C5)CN(C)CCC)c(OC)cc3C(=O)N2C1. The van der Waals surface area contributed by atoms with Crippen LogP contribution in [0.15, 0.2) is 48.6 Å². The maximum Gasteiger partial charge on any atom is 0.270 e. The lowest BCUT2D eigenvalue weighted by atomic mass is 9.99. The first-order chi connectivity index (χ1) is 25.6. The number of amides is 2. The maximum atomic E-state index is 14.6. The molecule has 0 aromatic heterocycles. The van der Waals surface area contributed by atoms with Crippen molar-refractivity contribution in [3.8, 4) is 23.0 Å². The third-order valence-corrected chi connectivity index (χ3v) is 15.2. The summed E-state index contributed by atoms with van der Waals surface area (Å²) in [5, 5.41) is -1.23. The Morgan fingerprint density at radius 1 is 0.852 bits per heavy atom. The third kappa shape index (κ3) is 8.36. The van der Waals surface area contributed by atoms with Gasteiger partial charge in [-0.15, -0.1) is 0 Å². The minimum absolute atomic E-state index is 0.0259. The van der Waals surface area contributed by atoms with Crippen LogP contribution in [0, 0.1) is 0 Å². The fourth-order valence-electron chi connectivity index (χ4n) is 8.36. The quantitative estimate of drug-likeness (QED) is 0.146. The normalized spacial score (nSPS) is 22.2. The molecule has 0 radical (unpaired) electrons. The first-order valence-corrected chi connectivity index (χ1v) is 22.3. The lowest BCUT2D eigenvalue weighted by molar-refractivity contribution is 0.0734. The van der Waals surface area contributed by atoms with Gasteiger partial charge in [-0.1, -0.05) is 31.2 Å². The van der Waals surface area contributed by atoms with Crippen LogP contribution in [0.3, 0.4) is 0 Å². The minimum atomic E-state index is -4.51. The Labute approximate surface area is 318 Å². The first kappa shape index (κ1) is 39.8. The van der Waals surface area contributed by atoms with Crippen molar-refractivity contribution in [2.45, 2.75) is 62.8 Å². The van der Waals surface area contributed by atoms with Gasteiger partial charge in [0, 0.05) is 42.6 Å². The highest BCUT2D eigenvalue weighted by Gasteiger charge is 2.46. The molecule has 2 amide bonds. The van der Waals surface area contributed by atoms with Gasteiger partial charge < -0.3 is 33.3 Å². The fraction of sp³-hybridized carbons (Fsp3) is 0.538. The van der Waals surface area contributed by atoms with E-state index in [1.54, 1.807) is 18.2 Å². The average Bonchev–Trinajstić information content (AvgIpc) is 3.63. The summed E-state index contributed by atoms with van der Waals surface area (Å²) in [4.78, 5) is 32.5. The van der Waals surface area contributed by atoms with E-state index in [-0.39, 0.29) is 79.8 Å². The van der Waals surface area contributed by atoms with E-state index < -0.39 is 28.6 Å². The van der Waals surface area contributed by atoms with Gasteiger partial charge >= 0.3 is 0 Å². The highest BCUT2D eigenvalue weighted by molar-refractivity contribution is 7.86. The molecule has 4 aliphatic rings. The van der Waals surface area contributed by atoms with Crippen molar-refractivity contribution in [2.24, 2.45) is 0 Å². The summed E-state index contributed by atoms with van der Waals surface area (Å²) >= 11 is 0. The van der Waals surface area contributed by atoms with E-state index in [0.717, 1.165) is 48.9 Å². The molecule has 0 spiro atoms. The largest absolute Gasteiger partial charge is 0.493 e. The lowest BCUT2D eigenvalue weighted by Crippen LogP contribution is -2.44. The van der Waals surface area contributed by atoms with Crippen molar-refractivity contribution in [3.63, 3.8) is 0 Å². The zero-order valence-electron chi connectivity index (χ0n) is 31.7. The predicted octanol–water partition coefficient (Wildman–Crippen LogP) is 5.12. The summed E-state index contributed by atoms with van der Waals surface area (Å²) in [5.41, 5.74) is 3.99. The number of hydrogen-bond donors (Lipinski definition) is 1. The molecule has 4 atom stereocenters. The number of nitrogens with zero attached hydrogens (tertiary/aromatic N) is 3. The Bertz CT molecular complexity index is 1980. The highest BCUT2D eigenvalue weighted by Crippen LogP contribution is 2.47. The Kier molecular flexibility index (Phi) is 11.9. The van der Waals surface area contributed by atoms with E-state index in [4.69, 9.17) is 18.9 Å². The van der Waals surface area contributed by atoms with E-state index in [0.29, 0.717) is 35.5 Å². The molecule has 2 unspecified atom stereocenters. The van der Waals surface area contributed by atoms with Crippen LogP contribution >= 0.6 is 7.14 Å². The van der Waals surface area contributed by atoms with Crippen molar-refractivity contribution in [2.75, 3.05) is 72.7 Å². The monoisotopic (exact) mass is 785 g/mol. The predicted molar refractivity (Wildman–Crippen MR) is 207 cm³/mol. The molecule has 2 fully saturated rings. The number of benzene rings is 2. The molecule has 0 aliphatic carbocycles. The second-order valence-electron chi connectivity index (χ2n) is 15.0. The van der Waals surface area contributed by atoms with E-state index in [1.165, 1.54) is 19.1 Å². The topological polar surface area (TPSA) is 152 Å². The summed E-state index contributed by atoms with van der Waals surface area (Å²) in [6.45, 7) is 11.9. The molecule has 1 N–H and O–H groups in total. The molecular formula is C39H52N3O10PS. The minimum Gasteiger partial charge on any atom is -0.493 e. The number of hydrogen-bond acceptors (Lipinski definition) is 10. The van der Waals surface area contributed by atoms with E-state index in [1.807, 2.05) is 22.9 Å². The summed E-state index contributed by atoms with van der Waals surface area (Å²) in [6, 6.07) is 6.17. The van der Waals surface area contributed by atoms with Crippen molar-refractivity contribution in [1.82, 2.24) is 14.7 Å². The molecule has 13 nitrogen and oxygen atoms in total. The zero-order valence-corrected chi connectivity index (χ0v) is 33.4. The van der Waals surface area contributed by atoms with Crippen LogP contribution in [0.4, 0.5) is 0 Å².